The molecule has 1 aliphatic heterocycles. The van der Waals surface area contributed by atoms with Crippen molar-refractivity contribution in [3.05, 3.63) is 48.3 Å². The number of hydrogen-bond donors (Lipinski definition) is 0. The van der Waals surface area contributed by atoms with E-state index in [4.69, 9.17) is 4.42 Å². The van der Waals surface area contributed by atoms with Crippen molar-refractivity contribution in [3.63, 3.8) is 0 Å². The third-order valence-corrected chi connectivity index (χ3v) is 4.84. The molecule has 0 atom stereocenters. The second-order valence-electron chi connectivity index (χ2n) is 6.69. The minimum atomic E-state index is -4.52. The van der Waals surface area contributed by atoms with E-state index in [2.05, 4.69) is 15.0 Å². The number of hydrogen-bond acceptors (Lipinski definition) is 6. The van der Waals surface area contributed by atoms with Crippen LogP contribution in [-0.4, -0.2) is 45.5 Å². The molecule has 0 spiro atoms. The number of oxazole rings is 1. The minimum absolute atomic E-state index is 0.158. The highest BCUT2D eigenvalue weighted by molar-refractivity contribution is 5.74. The highest BCUT2D eigenvalue weighted by atomic mass is 19.4. The number of imidazole rings is 1. The smallest absolute Gasteiger partial charge is 0.423 e. The molecule has 0 bridgehead atoms. The number of fused-ring (bicyclic) bond motifs is 2. The molecule has 0 radical (unpaired) electrons. The first-order valence-electron chi connectivity index (χ1n) is 8.85. The van der Waals surface area contributed by atoms with Gasteiger partial charge in [0.15, 0.2) is 22.7 Å². The summed E-state index contributed by atoms with van der Waals surface area (Å²) in [5.74, 6) is -0.00982. The normalized spacial score (nSPS) is 15.6. The highest BCUT2D eigenvalue weighted by Crippen LogP contribution is 2.31. The average molecular weight is 406 g/mol. The van der Waals surface area contributed by atoms with Gasteiger partial charge in [-0.25, -0.2) is 14.4 Å². The molecule has 11 heteroatoms. The Balaban J connectivity index is 1.38. The van der Waals surface area contributed by atoms with Crippen LogP contribution in [0.2, 0.25) is 0 Å². The van der Waals surface area contributed by atoms with Crippen molar-refractivity contribution < 1.29 is 22.0 Å². The predicted molar refractivity (Wildman–Crippen MR) is 96.4 cm³/mol. The number of piperazine rings is 1. The van der Waals surface area contributed by atoms with Gasteiger partial charge in [0.1, 0.15) is 11.3 Å². The van der Waals surface area contributed by atoms with Crippen LogP contribution < -0.4 is 9.80 Å². The first-order chi connectivity index (χ1) is 13.9. The van der Waals surface area contributed by atoms with E-state index >= 15 is 0 Å². The molecule has 150 valence electrons. The van der Waals surface area contributed by atoms with E-state index in [9.17, 15) is 17.6 Å². The minimum Gasteiger partial charge on any atom is -0.423 e. The van der Waals surface area contributed by atoms with Crippen LogP contribution in [0.1, 0.15) is 5.69 Å². The van der Waals surface area contributed by atoms with Gasteiger partial charge >= 0.3 is 6.18 Å². The summed E-state index contributed by atoms with van der Waals surface area (Å²) in [5, 5.41) is 0. The monoisotopic (exact) mass is 406 g/mol. The van der Waals surface area contributed by atoms with Gasteiger partial charge in [-0.15, -0.1) is 0 Å². The molecule has 1 aromatic carbocycles. The summed E-state index contributed by atoms with van der Waals surface area (Å²) < 4.78 is 59.3. The van der Waals surface area contributed by atoms with Crippen LogP contribution in [0.5, 0.6) is 0 Å². The zero-order valence-corrected chi connectivity index (χ0v) is 14.9. The molecule has 0 unspecified atom stereocenters. The van der Waals surface area contributed by atoms with E-state index in [1.54, 1.807) is 6.07 Å². The molecule has 0 saturated carbocycles. The van der Waals surface area contributed by atoms with Crippen LogP contribution in [-0.2, 0) is 6.18 Å². The highest BCUT2D eigenvalue weighted by Gasteiger charge is 2.35. The summed E-state index contributed by atoms with van der Waals surface area (Å²) in [6.07, 6.45) is -0.677. The van der Waals surface area contributed by atoms with E-state index in [0.29, 0.717) is 49.1 Å². The molecule has 4 heterocycles. The Hall–Kier alpha value is -3.37. The summed E-state index contributed by atoms with van der Waals surface area (Å²) >= 11 is 0. The lowest BCUT2D eigenvalue weighted by atomic mass is 10.3. The Bertz CT molecular complexity index is 1190. The molecule has 7 nitrogen and oxygen atoms in total. The standard InChI is InChI=1S/C18H14F4N6O/c19-11-1-2-12-13(9-11)29-17(24-12)27-7-5-26(6-8-27)15-16-25-14(18(20,21)22)10-28(16)4-3-23-15/h1-4,9-10H,5-8H2. The third-order valence-electron chi connectivity index (χ3n) is 4.84. The Morgan fingerprint density at radius 3 is 2.52 bits per heavy atom. The second kappa shape index (κ2) is 6.33. The number of nitrogens with zero attached hydrogens (tertiary/aromatic N) is 6. The molecule has 29 heavy (non-hydrogen) atoms. The van der Waals surface area contributed by atoms with Crippen molar-refractivity contribution in [2.24, 2.45) is 0 Å². The van der Waals surface area contributed by atoms with Gasteiger partial charge in [0.05, 0.1) is 0 Å². The molecule has 3 aromatic heterocycles. The van der Waals surface area contributed by atoms with E-state index in [1.807, 2.05) is 9.80 Å². The molecule has 1 saturated heterocycles. The molecule has 0 amide bonds. The molecular formula is C18H14F4N6O. The number of aromatic nitrogens is 4. The number of anilines is 2. The van der Waals surface area contributed by atoms with Gasteiger partial charge in [-0.1, -0.05) is 0 Å². The quantitative estimate of drug-likeness (QED) is 0.476. The Kier molecular flexibility index (Phi) is 3.86. The SMILES string of the molecule is Fc1ccc2nc(N3CCN(c4nccn5cc(C(F)(F)F)nc45)CC3)oc2c1. The van der Waals surface area contributed by atoms with Gasteiger partial charge in [0.2, 0.25) is 0 Å². The summed E-state index contributed by atoms with van der Waals surface area (Å²) in [5.41, 5.74) is 0.132. The van der Waals surface area contributed by atoms with Crippen LogP contribution >= 0.6 is 0 Å². The Morgan fingerprint density at radius 2 is 1.76 bits per heavy atom. The van der Waals surface area contributed by atoms with E-state index in [1.165, 1.54) is 28.9 Å². The largest absolute Gasteiger partial charge is 0.434 e. The number of halogens is 4. The maximum absolute atomic E-state index is 13.3. The maximum Gasteiger partial charge on any atom is 0.434 e. The number of alkyl halides is 3. The summed E-state index contributed by atoms with van der Waals surface area (Å²) in [4.78, 5) is 16.1. The lowest BCUT2D eigenvalue weighted by Gasteiger charge is -2.34. The van der Waals surface area contributed by atoms with Crippen molar-refractivity contribution in [3.8, 4) is 0 Å². The first kappa shape index (κ1) is 17.7. The maximum atomic E-state index is 13.3. The van der Waals surface area contributed by atoms with Gasteiger partial charge in [-0.2, -0.15) is 18.2 Å². The van der Waals surface area contributed by atoms with Crippen molar-refractivity contribution >= 4 is 28.6 Å². The zero-order chi connectivity index (χ0) is 20.2. The van der Waals surface area contributed by atoms with Crippen LogP contribution in [0.15, 0.2) is 41.2 Å². The third kappa shape index (κ3) is 3.12. The molecule has 1 aliphatic rings. The van der Waals surface area contributed by atoms with E-state index in [-0.39, 0.29) is 5.65 Å². The molecule has 4 aromatic rings. The zero-order valence-electron chi connectivity index (χ0n) is 14.9. The number of rotatable bonds is 2. The summed E-state index contributed by atoms with van der Waals surface area (Å²) in [6.45, 7) is 2.03. The topological polar surface area (TPSA) is 62.7 Å². The molecule has 0 N–H and O–H groups in total. The van der Waals surface area contributed by atoms with Crippen molar-refractivity contribution in [2.75, 3.05) is 36.0 Å². The predicted octanol–water partition coefficient (Wildman–Crippen LogP) is 3.36. The van der Waals surface area contributed by atoms with Crippen LogP contribution in [0.4, 0.5) is 29.4 Å². The van der Waals surface area contributed by atoms with Gasteiger partial charge < -0.3 is 18.6 Å². The van der Waals surface area contributed by atoms with Crippen molar-refractivity contribution in [1.29, 1.82) is 0 Å². The fourth-order valence-electron chi connectivity index (χ4n) is 3.40. The Morgan fingerprint density at radius 1 is 1.00 bits per heavy atom. The van der Waals surface area contributed by atoms with Crippen LogP contribution in [0, 0.1) is 5.82 Å². The lowest BCUT2D eigenvalue weighted by molar-refractivity contribution is -0.140. The summed E-state index contributed by atoms with van der Waals surface area (Å²) in [7, 11) is 0. The lowest BCUT2D eigenvalue weighted by Crippen LogP contribution is -2.47. The molecule has 5 rings (SSSR count). The second-order valence-corrected chi connectivity index (χ2v) is 6.69. The Labute approximate surface area is 161 Å². The number of benzene rings is 1. The van der Waals surface area contributed by atoms with Crippen molar-refractivity contribution in [2.45, 2.75) is 6.18 Å². The van der Waals surface area contributed by atoms with E-state index < -0.39 is 17.7 Å². The van der Waals surface area contributed by atoms with Gasteiger partial charge in [0, 0.05) is 50.8 Å². The van der Waals surface area contributed by atoms with Gasteiger partial charge in [0.25, 0.3) is 6.01 Å². The van der Waals surface area contributed by atoms with Crippen LogP contribution in [0.3, 0.4) is 0 Å². The first-order valence-corrected chi connectivity index (χ1v) is 8.85. The fourth-order valence-corrected chi connectivity index (χ4v) is 3.40. The van der Waals surface area contributed by atoms with Crippen molar-refractivity contribution in [1.82, 2.24) is 19.4 Å². The van der Waals surface area contributed by atoms with Gasteiger partial charge in [-0.05, 0) is 12.1 Å². The van der Waals surface area contributed by atoms with Gasteiger partial charge in [-0.3, -0.25) is 0 Å². The average Bonchev–Trinajstić information content (AvgIpc) is 3.31. The molecule has 0 aliphatic carbocycles. The molecule has 1 fully saturated rings. The molecular weight excluding hydrogens is 392 g/mol. The van der Waals surface area contributed by atoms with Crippen LogP contribution in [0.25, 0.3) is 16.7 Å². The van der Waals surface area contributed by atoms with E-state index in [0.717, 1.165) is 6.20 Å². The fraction of sp³-hybridized carbons (Fsp3) is 0.278. The summed E-state index contributed by atoms with van der Waals surface area (Å²) in [6, 6.07) is 4.54.